The van der Waals surface area contributed by atoms with E-state index in [2.05, 4.69) is 50.2 Å². The van der Waals surface area contributed by atoms with Crippen LogP contribution in [0, 0.1) is 13.8 Å². The molecule has 0 spiro atoms. The van der Waals surface area contributed by atoms with E-state index in [4.69, 9.17) is 9.72 Å². The maximum Gasteiger partial charge on any atom is 0.145 e. The summed E-state index contributed by atoms with van der Waals surface area (Å²) in [6.07, 6.45) is 0. The number of hydrogen-bond acceptors (Lipinski definition) is 3. The van der Waals surface area contributed by atoms with Crippen molar-refractivity contribution in [2.24, 2.45) is 0 Å². The van der Waals surface area contributed by atoms with Gasteiger partial charge < -0.3 is 4.74 Å². The molecule has 2 nitrogen and oxygen atoms in total. The van der Waals surface area contributed by atoms with Crippen molar-refractivity contribution in [2.45, 2.75) is 24.6 Å². The van der Waals surface area contributed by atoms with Crippen molar-refractivity contribution in [1.82, 2.24) is 4.98 Å². The van der Waals surface area contributed by atoms with Gasteiger partial charge in [-0.05, 0) is 37.1 Å². The molecule has 0 atom stereocenters. The topological polar surface area (TPSA) is 22.1 Å². The number of thioether (sulfide) groups is 1. The minimum Gasteiger partial charge on any atom is -0.494 e. The van der Waals surface area contributed by atoms with Crippen molar-refractivity contribution in [3.05, 3.63) is 65.2 Å². The number of aryl methyl sites for hydroxylation is 2. The molecule has 112 valence electrons. The average molecular weight is 309 g/mol. The van der Waals surface area contributed by atoms with Crippen LogP contribution < -0.4 is 4.74 Å². The molecule has 1 heterocycles. The predicted octanol–water partition coefficient (Wildman–Crippen LogP) is 5.15. The Morgan fingerprint density at radius 3 is 2.55 bits per heavy atom. The molecule has 0 saturated heterocycles. The number of nitrogens with zero attached hydrogens (tertiary/aromatic N) is 1. The van der Waals surface area contributed by atoms with Gasteiger partial charge in [-0.15, -0.1) is 11.8 Å². The van der Waals surface area contributed by atoms with Crippen molar-refractivity contribution in [3.8, 4) is 5.75 Å². The molecule has 0 N–H and O–H groups in total. The van der Waals surface area contributed by atoms with Crippen molar-refractivity contribution in [3.63, 3.8) is 0 Å². The zero-order valence-corrected chi connectivity index (χ0v) is 13.9. The number of ether oxygens (including phenoxy) is 1. The lowest BCUT2D eigenvalue weighted by Crippen LogP contribution is -1.92. The molecule has 3 aromatic rings. The SMILES string of the molecule is COc1cccc2c(C)cc(SCc3ccc(C)cc3)nc12. The minimum absolute atomic E-state index is 0.832. The standard InChI is InChI=1S/C19H19NOS/c1-13-7-9-15(10-8-13)12-22-18-11-14(2)16-5-4-6-17(21-3)19(16)20-18/h4-11H,12H2,1-3H3. The van der Waals surface area contributed by atoms with Crippen LogP contribution in [-0.4, -0.2) is 12.1 Å². The van der Waals surface area contributed by atoms with Crippen LogP contribution in [0.15, 0.2) is 53.6 Å². The van der Waals surface area contributed by atoms with Gasteiger partial charge in [-0.3, -0.25) is 0 Å². The van der Waals surface area contributed by atoms with E-state index < -0.39 is 0 Å². The highest BCUT2D eigenvalue weighted by Crippen LogP contribution is 2.30. The van der Waals surface area contributed by atoms with Crippen LogP contribution in [0.5, 0.6) is 5.75 Å². The number of para-hydroxylation sites is 1. The van der Waals surface area contributed by atoms with E-state index in [0.717, 1.165) is 27.4 Å². The van der Waals surface area contributed by atoms with E-state index in [9.17, 15) is 0 Å². The Morgan fingerprint density at radius 1 is 1.05 bits per heavy atom. The van der Waals surface area contributed by atoms with E-state index in [0.29, 0.717) is 0 Å². The molecule has 0 aliphatic carbocycles. The third-order valence-electron chi connectivity index (χ3n) is 3.71. The summed E-state index contributed by atoms with van der Waals surface area (Å²) in [4.78, 5) is 4.78. The third kappa shape index (κ3) is 3.09. The van der Waals surface area contributed by atoms with E-state index in [1.807, 2.05) is 12.1 Å². The van der Waals surface area contributed by atoms with Crippen LogP contribution >= 0.6 is 11.8 Å². The molecule has 0 bridgehead atoms. The number of fused-ring (bicyclic) bond motifs is 1. The Labute approximate surface area is 135 Å². The monoisotopic (exact) mass is 309 g/mol. The van der Waals surface area contributed by atoms with Crippen LogP contribution in [0.2, 0.25) is 0 Å². The van der Waals surface area contributed by atoms with E-state index in [1.54, 1.807) is 18.9 Å². The van der Waals surface area contributed by atoms with Gasteiger partial charge in [-0.25, -0.2) is 4.98 Å². The molecule has 3 heteroatoms. The summed E-state index contributed by atoms with van der Waals surface area (Å²) in [5.74, 6) is 1.76. The van der Waals surface area contributed by atoms with E-state index >= 15 is 0 Å². The zero-order chi connectivity index (χ0) is 15.5. The molecule has 0 radical (unpaired) electrons. The fourth-order valence-corrected chi connectivity index (χ4v) is 3.36. The molecule has 3 rings (SSSR count). The van der Waals surface area contributed by atoms with Gasteiger partial charge in [-0.2, -0.15) is 0 Å². The Bertz CT molecular complexity index is 796. The number of pyridine rings is 1. The second kappa shape index (κ2) is 6.41. The lowest BCUT2D eigenvalue weighted by atomic mass is 10.1. The fourth-order valence-electron chi connectivity index (χ4n) is 2.44. The fraction of sp³-hybridized carbons (Fsp3) is 0.211. The summed E-state index contributed by atoms with van der Waals surface area (Å²) in [6.45, 7) is 4.23. The first kappa shape index (κ1) is 14.9. The van der Waals surface area contributed by atoms with Crippen molar-refractivity contribution in [1.29, 1.82) is 0 Å². The molecule has 1 aromatic heterocycles. The summed E-state index contributed by atoms with van der Waals surface area (Å²) in [5.41, 5.74) is 4.78. The molecular weight excluding hydrogens is 290 g/mol. The number of aromatic nitrogens is 1. The van der Waals surface area contributed by atoms with E-state index in [1.165, 1.54) is 16.7 Å². The molecule has 0 amide bonds. The van der Waals surface area contributed by atoms with Crippen LogP contribution in [0.25, 0.3) is 10.9 Å². The quantitative estimate of drug-likeness (QED) is 0.622. The molecule has 0 saturated carbocycles. The Hall–Kier alpha value is -2.00. The number of methoxy groups -OCH3 is 1. The maximum atomic E-state index is 5.44. The largest absolute Gasteiger partial charge is 0.494 e. The highest BCUT2D eigenvalue weighted by Gasteiger charge is 2.08. The van der Waals surface area contributed by atoms with Gasteiger partial charge in [0.05, 0.1) is 12.1 Å². The maximum absolute atomic E-state index is 5.44. The smallest absolute Gasteiger partial charge is 0.145 e. The summed E-state index contributed by atoms with van der Waals surface area (Å²) in [7, 11) is 1.69. The van der Waals surface area contributed by atoms with Gasteiger partial charge in [0.2, 0.25) is 0 Å². The molecule has 0 aliphatic heterocycles. The van der Waals surface area contributed by atoms with Crippen LogP contribution in [0.4, 0.5) is 0 Å². The van der Waals surface area contributed by atoms with Crippen LogP contribution in [0.1, 0.15) is 16.7 Å². The number of benzene rings is 2. The first-order valence-electron chi connectivity index (χ1n) is 7.30. The highest BCUT2D eigenvalue weighted by atomic mass is 32.2. The third-order valence-corrected chi connectivity index (χ3v) is 4.70. The van der Waals surface area contributed by atoms with Gasteiger partial charge in [0, 0.05) is 11.1 Å². The molecule has 0 aliphatic rings. The summed E-state index contributed by atoms with van der Waals surface area (Å²) in [6, 6.07) is 16.9. The van der Waals surface area contributed by atoms with Crippen molar-refractivity contribution >= 4 is 22.7 Å². The summed E-state index contributed by atoms with van der Waals surface area (Å²) >= 11 is 1.76. The molecule has 2 aromatic carbocycles. The van der Waals surface area contributed by atoms with E-state index in [-0.39, 0.29) is 0 Å². The van der Waals surface area contributed by atoms with Gasteiger partial charge >= 0.3 is 0 Å². The predicted molar refractivity (Wildman–Crippen MR) is 93.8 cm³/mol. The van der Waals surface area contributed by atoms with Gasteiger partial charge in [0.25, 0.3) is 0 Å². The molecule has 22 heavy (non-hydrogen) atoms. The second-order valence-electron chi connectivity index (χ2n) is 5.41. The highest BCUT2D eigenvalue weighted by molar-refractivity contribution is 7.98. The van der Waals surface area contributed by atoms with Crippen molar-refractivity contribution in [2.75, 3.05) is 7.11 Å². The Kier molecular flexibility index (Phi) is 4.34. The lowest BCUT2D eigenvalue weighted by molar-refractivity contribution is 0.418. The average Bonchev–Trinajstić information content (AvgIpc) is 2.54. The number of rotatable bonds is 4. The summed E-state index contributed by atoms with van der Waals surface area (Å²) < 4.78 is 5.44. The van der Waals surface area contributed by atoms with Gasteiger partial charge in [0.15, 0.2) is 0 Å². The van der Waals surface area contributed by atoms with Gasteiger partial charge in [-0.1, -0.05) is 42.0 Å². The molecule has 0 fully saturated rings. The van der Waals surface area contributed by atoms with Crippen LogP contribution in [-0.2, 0) is 5.75 Å². The first-order valence-corrected chi connectivity index (χ1v) is 8.28. The second-order valence-corrected chi connectivity index (χ2v) is 6.40. The minimum atomic E-state index is 0.832. The van der Waals surface area contributed by atoms with Crippen molar-refractivity contribution < 1.29 is 4.74 Å². The normalized spacial score (nSPS) is 10.9. The van der Waals surface area contributed by atoms with Crippen LogP contribution in [0.3, 0.4) is 0 Å². The zero-order valence-electron chi connectivity index (χ0n) is 13.1. The number of hydrogen-bond donors (Lipinski definition) is 0. The van der Waals surface area contributed by atoms with Gasteiger partial charge in [0.1, 0.15) is 11.3 Å². The Morgan fingerprint density at radius 2 is 1.82 bits per heavy atom. The molecule has 0 unspecified atom stereocenters. The molecular formula is C19H19NOS. The first-order chi connectivity index (χ1) is 10.7. The Balaban J connectivity index is 1.89. The lowest BCUT2D eigenvalue weighted by Gasteiger charge is -2.09. The summed E-state index contributed by atoms with van der Waals surface area (Å²) in [5, 5.41) is 2.19.